The van der Waals surface area contributed by atoms with Crippen LogP contribution in [-0.4, -0.2) is 41.3 Å². The standard InChI is InChI=1S/C17H20N6OS/c18-22-17-19-9-12-14(21-17)13-10-3-1-2-4-11(10)20-16(15(13)25-12)23-5-7-24-8-6-23/h9H,1-8,18H2,(H,19,21,22). The van der Waals surface area contributed by atoms with Crippen molar-refractivity contribution < 1.29 is 4.74 Å². The maximum absolute atomic E-state index is 5.53. The largest absolute Gasteiger partial charge is 0.378 e. The number of nitrogens with zero attached hydrogens (tertiary/aromatic N) is 4. The molecule has 1 saturated heterocycles. The fraction of sp³-hybridized carbons (Fsp3) is 0.471. The fourth-order valence-corrected chi connectivity index (χ4v) is 5.01. The molecule has 0 spiro atoms. The highest BCUT2D eigenvalue weighted by Gasteiger charge is 2.25. The van der Waals surface area contributed by atoms with E-state index in [1.54, 1.807) is 11.3 Å². The number of hydrazine groups is 1. The third-order valence-electron chi connectivity index (χ3n) is 5.06. The molecule has 25 heavy (non-hydrogen) atoms. The summed E-state index contributed by atoms with van der Waals surface area (Å²) in [6.45, 7) is 3.28. The number of hydrogen-bond acceptors (Lipinski definition) is 8. The molecule has 5 rings (SSSR count). The van der Waals surface area contributed by atoms with E-state index in [0.29, 0.717) is 5.95 Å². The van der Waals surface area contributed by atoms with E-state index in [4.69, 9.17) is 15.6 Å². The fourth-order valence-electron chi connectivity index (χ4n) is 3.85. The van der Waals surface area contributed by atoms with E-state index in [0.717, 1.165) is 55.2 Å². The average molecular weight is 356 g/mol. The molecule has 0 bridgehead atoms. The van der Waals surface area contributed by atoms with Gasteiger partial charge in [-0.15, -0.1) is 11.3 Å². The van der Waals surface area contributed by atoms with Crippen LogP contribution in [0, 0.1) is 0 Å². The van der Waals surface area contributed by atoms with Gasteiger partial charge in [-0.3, -0.25) is 5.43 Å². The summed E-state index contributed by atoms with van der Waals surface area (Å²) in [4.78, 5) is 16.4. The van der Waals surface area contributed by atoms with Crippen LogP contribution in [0.3, 0.4) is 0 Å². The number of rotatable bonds is 2. The van der Waals surface area contributed by atoms with E-state index in [-0.39, 0.29) is 0 Å². The molecular weight excluding hydrogens is 336 g/mol. The van der Waals surface area contributed by atoms with Crippen LogP contribution in [-0.2, 0) is 17.6 Å². The molecule has 0 aromatic carbocycles. The summed E-state index contributed by atoms with van der Waals surface area (Å²) in [6.07, 6.45) is 6.41. The van der Waals surface area contributed by atoms with Gasteiger partial charge in [-0.2, -0.15) is 0 Å². The number of nitrogens with one attached hydrogen (secondary N) is 1. The molecule has 130 valence electrons. The smallest absolute Gasteiger partial charge is 0.237 e. The monoisotopic (exact) mass is 356 g/mol. The summed E-state index contributed by atoms with van der Waals surface area (Å²) in [6, 6.07) is 0. The number of pyridine rings is 1. The number of nitrogens with two attached hydrogens (primary N) is 1. The minimum absolute atomic E-state index is 0.460. The molecule has 3 aromatic heterocycles. The van der Waals surface area contributed by atoms with Crippen molar-refractivity contribution in [2.24, 2.45) is 5.84 Å². The van der Waals surface area contributed by atoms with Gasteiger partial charge in [0.05, 0.1) is 34.3 Å². The minimum atomic E-state index is 0.460. The van der Waals surface area contributed by atoms with Crippen LogP contribution in [0.15, 0.2) is 6.20 Å². The van der Waals surface area contributed by atoms with Crippen molar-refractivity contribution in [2.45, 2.75) is 25.7 Å². The second kappa shape index (κ2) is 6.05. The maximum atomic E-state index is 5.53. The van der Waals surface area contributed by atoms with Gasteiger partial charge in [0.25, 0.3) is 0 Å². The Morgan fingerprint density at radius 3 is 2.84 bits per heavy atom. The molecule has 3 aromatic rings. The number of aromatic nitrogens is 3. The zero-order valence-corrected chi connectivity index (χ0v) is 14.7. The number of fused-ring (bicyclic) bond motifs is 5. The zero-order valence-electron chi connectivity index (χ0n) is 13.9. The third-order valence-corrected chi connectivity index (χ3v) is 6.16. The van der Waals surface area contributed by atoms with Crippen molar-refractivity contribution >= 4 is 43.4 Å². The lowest BCUT2D eigenvalue weighted by molar-refractivity contribution is 0.122. The summed E-state index contributed by atoms with van der Waals surface area (Å²) in [5, 5.41) is 1.25. The Hall–Kier alpha value is -2.03. The molecule has 0 atom stereocenters. The van der Waals surface area contributed by atoms with Gasteiger partial charge in [0, 0.05) is 24.2 Å². The van der Waals surface area contributed by atoms with Gasteiger partial charge in [0.1, 0.15) is 5.82 Å². The van der Waals surface area contributed by atoms with Crippen LogP contribution in [0.4, 0.5) is 11.8 Å². The third kappa shape index (κ3) is 2.44. The Morgan fingerprint density at radius 2 is 2.00 bits per heavy atom. The van der Waals surface area contributed by atoms with E-state index < -0.39 is 0 Å². The van der Waals surface area contributed by atoms with E-state index in [1.807, 2.05) is 6.20 Å². The molecule has 8 heteroatoms. The summed E-state index contributed by atoms with van der Waals surface area (Å²) >= 11 is 1.74. The summed E-state index contributed by atoms with van der Waals surface area (Å²) < 4.78 is 7.84. The van der Waals surface area contributed by atoms with E-state index in [2.05, 4.69) is 20.3 Å². The van der Waals surface area contributed by atoms with Crippen molar-refractivity contribution in [2.75, 3.05) is 36.6 Å². The molecule has 0 amide bonds. The number of aryl methyl sites for hydroxylation is 2. The maximum Gasteiger partial charge on any atom is 0.237 e. The van der Waals surface area contributed by atoms with Crippen LogP contribution in [0.2, 0.25) is 0 Å². The second-order valence-electron chi connectivity index (χ2n) is 6.52. The second-order valence-corrected chi connectivity index (χ2v) is 7.58. The van der Waals surface area contributed by atoms with Crippen molar-refractivity contribution in [1.82, 2.24) is 15.0 Å². The molecular formula is C17H20N6OS. The van der Waals surface area contributed by atoms with Gasteiger partial charge in [-0.05, 0) is 31.2 Å². The van der Waals surface area contributed by atoms with Crippen molar-refractivity contribution in [1.29, 1.82) is 0 Å². The van der Waals surface area contributed by atoms with Crippen LogP contribution in [0.5, 0.6) is 0 Å². The Bertz CT molecular complexity index is 949. The Balaban J connectivity index is 1.82. The number of ether oxygens (including phenoxy) is 1. The summed E-state index contributed by atoms with van der Waals surface area (Å²) in [5.41, 5.74) is 6.17. The lowest BCUT2D eigenvalue weighted by Crippen LogP contribution is -2.37. The van der Waals surface area contributed by atoms with Gasteiger partial charge in [0.15, 0.2) is 0 Å². The first kappa shape index (κ1) is 15.2. The molecule has 1 fully saturated rings. The normalized spacial score (nSPS) is 17.9. The first-order chi connectivity index (χ1) is 12.3. The minimum Gasteiger partial charge on any atom is -0.378 e. The quantitative estimate of drug-likeness (QED) is 0.538. The highest BCUT2D eigenvalue weighted by Crippen LogP contribution is 2.42. The Kier molecular flexibility index (Phi) is 3.69. The predicted molar refractivity (Wildman–Crippen MR) is 100 cm³/mol. The molecule has 0 radical (unpaired) electrons. The van der Waals surface area contributed by atoms with Crippen LogP contribution in [0.25, 0.3) is 20.3 Å². The number of morpholine rings is 1. The van der Waals surface area contributed by atoms with E-state index in [1.165, 1.54) is 34.2 Å². The average Bonchev–Trinajstić information content (AvgIpc) is 3.07. The van der Waals surface area contributed by atoms with Crippen molar-refractivity contribution in [3.63, 3.8) is 0 Å². The highest BCUT2D eigenvalue weighted by atomic mass is 32.1. The number of nitrogen functional groups attached to an aromatic ring is 1. The highest BCUT2D eigenvalue weighted by molar-refractivity contribution is 7.26. The lowest BCUT2D eigenvalue weighted by atomic mass is 9.93. The van der Waals surface area contributed by atoms with Crippen LogP contribution >= 0.6 is 11.3 Å². The van der Waals surface area contributed by atoms with Crippen molar-refractivity contribution in [3.05, 3.63) is 17.5 Å². The van der Waals surface area contributed by atoms with Gasteiger partial charge >= 0.3 is 0 Å². The zero-order chi connectivity index (χ0) is 16.8. The number of thiophene rings is 1. The van der Waals surface area contributed by atoms with Gasteiger partial charge in [-0.1, -0.05) is 0 Å². The first-order valence-corrected chi connectivity index (χ1v) is 9.57. The SMILES string of the molecule is NNc1ncc2sc3c(N4CCOCC4)nc4c(c3c2n1)CCCC4. The molecule has 4 heterocycles. The van der Waals surface area contributed by atoms with Crippen molar-refractivity contribution in [3.8, 4) is 0 Å². The van der Waals surface area contributed by atoms with Gasteiger partial charge < -0.3 is 9.64 Å². The molecule has 1 aliphatic carbocycles. The molecule has 0 unspecified atom stereocenters. The molecule has 7 nitrogen and oxygen atoms in total. The Labute approximate surface area is 149 Å². The molecule has 2 aliphatic rings. The van der Waals surface area contributed by atoms with Crippen LogP contribution < -0.4 is 16.2 Å². The summed E-state index contributed by atoms with van der Waals surface area (Å²) in [7, 11) is 0. The molecule has 1 aliphatic heterocycles. The van der Waals surface area contributed by atoms with E-state index in [9.17, 15) is 0 Å². The number of hydrogen-bond donors (Lipinski definition) is 2. The predicted octanol–water partition coefficient (Wildman–Crippen LogP) is 2.24. The van der Waals surface area contributed by atoms with Gasteiger partial charge in [-0.25, -0.2) is 20.8 Å². The summed E-state index contributed by atoms with van der Waals surface area (Å²) in [5.74, 6) is 7.08. The van der Waals surface area contributed by atoms with E-state index >= 15 is 0 Å². The molecule has 0 saturated carbocycles. The van der Waals surface area contributed by atoms with Crippen LogP contribution in [0.1, 0.15) is 24.1 Å². The first-order valence-electron chi connectivity index (χ1n) is 8.75. The number of anilines is 2. The van der Waals surface area contributed by atoms with Gasteiger partial charge in [0.2, 0.25) is 5.95 Å². The topological polar surface area (TPSA) is 89.2 Å². The lowest BCUT2D eigenvalue weighted by Gasteiger charge is -2.29. The molecule has 3 N–H and O–H groups in total. The Morgan fingerprint density at radius 1 is 1.16 bits per heavy atom.